The number of nitrogens with zero attached hydrogens (tertiary/aromatic N) is 2. The van der Waals surface area contributed by atoms with Gasteiger partial charge in [-0.05, 0) is 30.5 Å². The second kappa shape index (κ2) is 7.28. The van der Waals surface area contributed by atoms with Gasteiger partial charge in [0.25, 0.3) is 0 Å². The highest BCUT2D eigenvalue weighted by Crippen LogP contribution is 2.07. The van der Waals surface area contributed by atoms with E-state index in [2.05, 4.69) is 25.8 Å². The van der Waals surface area contributed by atoms with Crippen molar-refractivity contribution in [3.05, 3.63) is 41.9 Å². The highest BCUT2D eigenvalue weighted by Gasteiger charge is 2.02. The number of pyridine rings is 1. The minimum absolute atomic E-state index is 0.0470. The van der Waals surface area contributed by atoms with Gasteiger partial charge in [-0.25, -0.2) is 4.98 Å². The highest BCUT2D eigenvalue weighted by molar-refractivity contribution is 5.76. The fraction of sp³-hybridized carbons (Fsp3) is 0.357. The molecule has 0 radical (unpaired) electrons. The third-order valence-electron chi connectivity index (χ3n) is 2.94. The number of anilines is 1. The Labute approximate surface area is 118 Å². The molecule has 6 nitrogen and oxygen atoms in total. The van der Waals surface area contributed by atoms with Gasteiger partial charge in [-0.3, -0.25) is 9.89 Å². The van der Waals surface area contributed by atoms with E-state index in [-0.39, 0.29) is 5.91 Å². The number of aryl methyl sites for hydroxylation is 2. The second-order valence-corrected chi connectivity index (χ2v) is 4.55. The number of amides is 1. The van der Waals surface area contributed by atoms with Gasteiger partial charge in [-0.15, -0.1) is 0 Å². The third kappa shape index (κ3) is 4.38. The van der Waals surface area contributed by atoms with E-state index >= 15 is 0 Å². The second-order valence-electron chi connectivity index (χ2n) is 4.55. The van der Waals surface area contributed by atoms with Crippen LogP contribution < -0.4 is 10.6 Å². The molecule has 0 bridgehead atoms. The van der Waals surface area contributed by atoms with E-state index in [1.807, 2.05) is 19.1 Å². The molecule has 1 amide bonds. The van der Waals surface area contributed by atoms with Gasteiger partial charge in [0.15, 0.2) is 0 Å². The Hall–Kier alpha value is -2.37. The Balaban J connectivity index is 1.61. The van der Waals surface area contributed by atoms with Gasteiger partial charge in [0.2, 0.25) is 5.91 Å². The maximum atomic E-state index is 11.6. The predicted octanol–water partition coefficient (Wildman–Crippen LogP) is 1.27. The molecule has 0 fully saturated rings. The maximum Gasteiger partial charge on any atom is 0.220 e. The quantitative estimate of drug-likeness (QED) is 0.664. The molecular formula is C14H19N5O. The molecule has 0 saturated heterocycles. The topological polar surface area (TPSA) is 82.7 Å². The molecule has 2 aromatic rings. The van der Waals surface area contributed by atoms with Crippen molar-refractivity contribution in [2.24, 2.45) is 0 Å². The minimum atomic E-state index is 0.0470. The summed E-state index contributed by atoms with van der Waals surface area (Å²) in [5, 5.41) is 12.6. The molecule has 0 atom stereocenters. The van der Waals surface area contributed by atoms with E-state index < -0.39 is 0 Å². The van der Waals surface area contributed by atoms with Crippen LogP contribution in [0.1, 0.15) is 17.5 Å². The first-order valence-electron chi connectivity index (χ1n) is 6.65. The van der Waals surface area contributed by atoms with Crippen LogP contribution in [0.3, 0.4) is 0 Å². The molecule has 6 heteroatoms. The van der Waals surface area contributed by atoms with Gasteiger partial charge in [0, 0.05) is 31.9 Å². The van der Waals surface area contributed by atoms with Gasteiger partial charge in [0.1, 0.15) is 5.82 Å². The molecule has 106 valence electrons. The average Bonchev–Trinajstić information content (AvgIpc) is 2.96. The molecule has 0 saturated carbocycles. The molecule has 3 N–H and O–H groups in total. The molecule has 2 rings (SSSR count). The first kappa shape index (κ1) is 14.0. The molecule has 20 heavy (non-hydrogen) atoms. The molecule has 0 aliphatic heterocycles. The van der Waals surface area contributed by atoms with E-state index in [1.165, 1.54) is 0 Å². The summed E-state index contributed by atoms with van der Waals surface area (Å²) in [7, 11) is 0. The molecule has 2 aromatic heterocycles. The van der Waals surface area contributed by atoms with Crippen LogP contribution >= 0.6 is 0 Å². The summed E-state index contributed by atoms with van der Waals surface area (Å²) >= 11 is 0. The van der Waals surface area contributed by atoms with Crippen LogP contribution in [0, 0.1) is 6.92 Å². The van der Waals surface area contributed by atoms with E-state index in [0.29, 0.717) is 25.9 Å². The number of hydrogen-bond acceptors (Lipinski definition) is 4. The Morgan fingerprint density at radius 1 is 1.40 bits per heavy atom. The van der Waals surface area contributed by atoms with Crippen LogP contribution in [0.15, 0.2) is 30.7 Å². The fourth-order valence-electron chi connectivity index (χ4n) is 1.81. The monoisotopic (exact) mass is 273 g/mol. The summed E-state index contributed by atoms with van der Waals surface area (Å²) in [6.45, 7) is 3.24. The van der Waals surface area contributed by atoms with E-state index in [4.69, 9.17) is 0 Å². The standard InChI is InChI=1S/C14H19N5O/c1-11-3-2-6-16-14(11)17-8-7-15-13(20)5-4-12-9-18-19-10-12/h2-3,6,9-10H,4-5,7-8H2,1H3,(H,15,20)(H,16,17)(H,18,19). The van der Waals surface area contributed by atoms with Crippen LogP contribution in [0.4, 0.5) is 5.82 Å². The van der Waals surface area contributed by atoms with Gasteiger partial charge in [-0.1, -0.05) is 6.07 Å². The summed E-state index contributed by atoms with van der Waals surface area (Å²) in [5.41, 5.74) is 2.14. The van der Waals surface area contributed by atoms with Crippen LogP contribution in [0.25, 0.3) is 0 Å². The molecule has 0 aromatic carbocycles. The van der Waals surface area contributed by atoms with Gasteiger partial charge >= 0.3 is 0 Å². The number of aromatic amines is 1. The van der Waals surface area contributed by atoms with Crippen molar-refractivity contribution in [1.29, 1.82) is 0 Å². The van der Waals surface area contributed by atoms with Gasteiger partial charge < -0.3 is 10.6 Å². The molecule has 0 aliphatic carbocycles. The average molecular weight is 273 g/mol. The van der Waals surface area contributed by atoms with Crippen molar-refractivity contribution >= 4 is 11.7 Å². The number of rotatable bonds is 7. The zero-order valence-corrected chi connectivity index (χ0v) is 11.5. The van der Waals surface area contributed by atoms with Crippen molar-refractivity contribution < 1.29 is 4.79 Å². The van der Waals surface area contributed by atoms with Crippen molar-refractivity contribution in [2.45, 2.75) is 19.8 Å². The maximum absolute atomic E-state index is 11.6. The molecule has 0 spiro atoms. The number of hydrogen-bond donors (Lipinski definition) is 3. The lowest BCUT2D eigenvalue weighted by Gasteiger charge is -2.08. The number of nitrogens with one attached hydrogen (secondary N) is 3. The van der Waals surface area contributed by atoms with Gasteiger partial charge in [-0.2, -0.15) is 5.10 Å². The van der Waals surface area contributed by atoms with Crippen molar-refractivity contribution in [3.63, 3.8) is 0 Å². The van der Waals surface area contributed by atoms with Crippen molar-refractivity contribution in [1.82, 2.24) is 20.5 Å². The lowest BCUT2D eigenvalue weighted by Crippen LogP contribution is -2.29. The van der Waals surface area contributed by atoms with E-state index in [0.717, 1.165) is 16.9 Å². The number of H-pyrrole nitrogens is 1. The molecule has 2 heterocycles. The Morgan fingerprint density at radius 2 is 2.30 bits per heavy atom. The van der Waals surface area contributed by atoms with Crippen LogP contribution in [-0.2, 0) is 11.2 Å². The van der Waals surface area contributed by atoms with Crippen LogP contribution in [0.2, 0.25) is 0 Å². The van der Waals surface area contributed by atoms with Crippen LogP contribution in [0.5, 0.6) is 0 Å². The highest BCUT2D eigenvalue weighted by atomic mass is 16.1. The first-order chi connectivity index (χ1) is 9.75. The minimum Gasteiger partial charge on any atom is -0.368 e. The summed E-state index contributed by atoms with van der Waals surface area (Å²) in [5.74, 6) is 0.908. The summed E-state index contributed by atoms with van der Waals surface area (Å²) in [4.78, 5) is 15.9. The largest absolute Gasteiger partial charge is 0.368 e. The number of aromatic nitrogens is 3. The van der Waals surface area contributed by atoms with Crippen molar-refractivity contribution in [3.8, 4) is 0 Å². The Bertz CT molecular complexity index is 538. The normalized spacial score (nSPS) is 10.2. The summed E-state index contributed by atoms with van der Waals surface area (Å²) < 4.78 is 0. The van der Waals surface area contributed by atoms with Crippen molar-refractivity contribution in [2.75, 3.05) is 18.4 Å². The van der Waals surface area contributed by atoms with E-state index in [1.54, 1.807) is 18.6 Å². The lowest BCUT2D eigenvalue weighted by atomic mass is 10.2. The Morgan fingerprint density at radius 3 is 3.05 bits per heavy atom. The summed E-state index contributed by atoms with van der Waals surface area (Å²) in [6.07, 6.45) is 6.47. The molecule has 0 unspecified atom stereocenters. The number of carbonyl (C=O) groups excluding carboxylic acids is 1. The smallest absolute Gasteiger partial charge is 0.220 e. The van der Waals surface area contributed by atoms with Gasteiger partial charge in [0.05, 0.1) is 6.20 Å². The molecular weight excluding hydrogens is 254 g/mol. The Kier molecular flexibility index (Phi) is 5.11. The third-order valence-corrected chi connectivity index (χ3v) is 2.94. The fourth-order valence-corrected chi connectivity index (χ4v) is 1.81. The zero-order chi connectivity index (χ0) is 14.2. The summed E-state index contributed by atoms with van der Waals surface area (Å²) in [6, 6.07) is 3.90. The SMILES string of the molecule is Cc1cccnc1NCCNC(=O)CCc1cn[nH]c1. The zero-order valence-electron chi connectivity index (χ0n) is 11.5. The lowest BCUT2D eigenvalue weighted by molar-refractivity contribution is -0.120. The first-order valence-corrected chi connectivity index (χ1v) is 6.65. The molecule has 0 aliphatic rings. The van der Waals surface area contributed by atoms with Crippen LogP contribution in [-0.4, -0.2) is 34.2 Å². The number of carbonyl (C=O) groups is 1. The van der Waals surface area contributed by atoms with E-state index in [9.17, 15) is 4.79 Å². The predicted molar refractivity (Wildman–Crippen MR) is 77.4 cm³/mol.